The smallest absolute Gasteiger partial charge is 0.329 e. The number of carbonyl (C=O) groups excluding carboxylic acids is 6. The number of anilines is 4. The molecular weight excluding hydrogens is 1720 g/mol. The number of piperazine rings is 2. The number of aliphatic hydroxyl groups is 3. The first-order valence-corrected chi connectivity index (χ1v) is 47.3. The molecule has 716 valence electrons. The van der Waals surface area contributed by atoms with Crippen LogP contribution in [0.4, 0.5) is 23.7 Å². The maximum atomic E-state index is 14.9. The minimum Gasteiger partial charge on any atom is -0.465 e. The number of methoxy groups -OCH3 is 3. The normalized spacial score (nSPS) is 27.7. The number of hydrogen-bond acceptors (Lipinski definition) is 31. The number of hydrogen-bond donors (Lipinski definition) is 6. The quantitative estimate of drug-likeness (QED) is 0.0128. The number of oxazole rings is 1. The number of aliphatic hydroxyl groups excluding tert-OH is 2. The van der Waals surface area contributed by atoms with Gasteiger partial charge in [0.05, 0.1) is 61.5 Å². The van der Waals surface area contributed by atoms with E-state index in [-0.39, 0.29) is 84.6 Å². The molecule has 1 aliphatic carbocycles. The number of fused-ring (bicyclic) bond motifs is 6. The summed E-state index contributed by atoms with van der Waals surface area (Å²) < 4.78 is 50.2. The lowest BCUT2D eigenvalue weighted by molar-refractivity contribution is -0.265. The topological polar surface area (TPSA) is 432 Å². The number of rotatable bonds is 21. The molecule has 3 amide bonds. The molecule has 11 heterocycles. The van der Waals surface area contributed by atoms with Crippen LogP contribution in [-0.4, -0.2) is 287 Å². The summed E-state index contributed by atoms with van der Waals surface area (Å²) in [5, 5.41) is 45.1. The molecule has 7 aliphatic rings. The van der Waals surface area contributed by atoms with Gasteiger partial charge < -0.3 is 94.2 Å². The van der Waals surface area contributed by atoms with Gasteiger partial charge in [-0.3, -0.25) is 28.9 Å². The van der Waals surface area contributed by atoms with Gasteiger partial charge in [0.1, 0.15) is 53.8 Å². The number of Topliss-reactive ketones (excluding diaryl/α,β-unsaturated/α-hetero) is 2. The van der Waals surface area contributed by atoms with Crippen molar-refractivity contribution >= 4 is 98.5 Å². The third-order valence-electron chi connectivity index (χ3n) is 27.6. The van der Waals surface area contributed by atoms with Crippen molar-refractivity contribution in [2.75, 3.05) is 128 Å². The van der Waals surface area contributed by atoms with Gasteiger partial charge in [-0.25, -0.2) is 39.4 Å². The molecule has 0 unspecified atom stereocenters. The zero-order chi connectivity index (χ0) is 94.3. The third-order valence-corrected chi connectivity index (χ3v) is 27.9. The van der Waals surface area contributed by atoms with Crippen LogP contribution in [0.5, 0.6) is 0 Å². The van der Waals surface area contributed by atoms with Crippen molar-refractivity contribution in [3.8, 4) is 11.3 Å². The Morgan fingerprint density at radius 2 is 1.48 bits per heavy atom. The standard InChI is InChI=1S/C97H130N18O17S/c1-58-16-12-11-13-17-59(2)78(125-8)48-72-24-19-64(7)97(124,132-72)87(120)91(122)114-29-15-14-18-74(114)92(123)129-79(49-75(116)60(3)43-63(6)85(119)86(127-10)84(118)62(5)42-58)61(4)44-65-21-25-77(80(46-65)126-9)131-96(133)104-52-67-50-100-94(101-51-67)112-37-35-110(36-38-112)81(117)28-40-128-41-39-109-31-33-111(34-32-109)95-102-53-71(54-103-95)90(121)113-30-27-68-45-66(20-22-70(68)56-113)55-115-89-82(88(98)105-57-106-89)83(108-115)69-23-26-76-73(47-69)107-93(99)130-76/h11-13,16-17,20,22-23,26,43,45,47,50-51,53-54,57-58,60-62,64-65,72,74-75,77-80,85-86,116,119,124H,14-15,18-19,21,24-25,27-42,44,46,48-49,52,55-56H2,1-10H3,(H2,99,107)(H,104,133)(H2,98,105,106)/b13-11?,16-12+,59-17?,63-43+/t58-,60-,61-,62-,64-,65+,72+,74+,75-,77-,78+,79+,80-,85-,86+,97-/m1/s1. The molecule has 0 radical (unpaired) electrons. The van der Waals surface area contributed by atoms with Crippen molar-refractivity contribution in [1.29, 1.82) is 0 Å². The fourth-order valence-electron chi connectivity index (χ4n) is 19.5. The van der Waals surface area contributed by atoms with Crippen LogP contribution >= 0.6 is 12.2 Å². The van der Waals surface area contributed by atoms with E-state index < -0.39 is 83.9 Å². The Morgan fingerprint density at radius 3 is 2.22 bits per heavy atom. The molecule has 2 bridgehead atoms. The lowest BCUT2D eigenvalue weighted by Crippen LogP contribution is -2.61. The van der Waals surface area contributed by atoms with Crippen molar-refractivity contribution in [2.24, 2.45) is 35.5 Å². The van der Waals surface area contributed by atoms with E-state index in [4.69, 9.17) is 66.4 Å². The Balaban J connectivity index is 0.499. The van der Waals surface area contributed by atoms with Gasteiger partial charge in [0, 0.05) is 173 Å². The van der Waals surface area contributed by atoms with Crippen molar-refractivity contribution in [1.82, 2.24) is 69.6 Å². The highest BCUT2D eigenvalue weighted by molar-refractivity contribution is 7.80. The van der Waals surface area contributed by atoms with E-state index in [1.807, 2.05) is 84.7 Å². The van der Waals surface area contributed by atoms with Gasteiger partial charge in [-0.2, -0.15) is 10.1 Å². The van der Waals surface area contributed by atoms with Crippen LogP contribution in [0.25, 0.3) is 33.4 Å². The van der Waals surface area contributed by atoms with E-state index in [1.54, 1.807) is 71.9 Å². The highest BCUT2D eigenvalue weighted by Gasteiger charge is 2.53. The molecule has 14 rings (SSSR count). The number of piperidine rings is 1. The average Bonchev–Trinajstić information content (AvgIpc) is 1.71. The Bertz CT molecular complexity index is 5350. The van der Waals surface area contributed by atoms with E-state index in [1.165, 1.54) is 18.3 Å². The van der Waals surface area contributed by atoms with Crippen LogP contribution < -0.4 is 26.6 Å². The van der Waals surface area contributed by atoms with Crippen LogP contribution in [0.15, 0.2) is 120 Å². The molecule has 4 saturated heterocycles. The number of aromatic nitrogens is 9. The zero-order valence-corrected chi connectivity index (χ0v) is 78.8. The molecule has 16 atom stereocenters. The maximum absolute atomic E-state index is 14.9. The van der Waals surface area contributed by atoms with Crippen LogP contribution in [0.1, 0.15) is 165 Å². The summed E-state index contributed by atoms with van der Waals surface area (Å²) >= 11 is 5.76. The summed E-state index contributed by atoms with van der Waals surface area (Å²) in [4.78, 5) is 129. The number of thiocarbonyl (C=S) groups is 1. The monoisotopic (exact) mass is 1850 g/mol. The minimum atomic E-state index is -2.47. The predicted octanol–water partition coefficient (Wildman–Crippen LogP) is 8.89. The Kier molecular flexibility index (Phi) is 33.4. The number of nitrogen functional groups attached to an aromatic ring is 2. The molecule has 0 spiro atoms. The first kappa shape index (κ1) is 98.3. The number of benzene rings is 2. The molecule has 1 saturated carbocycles. The molecule has 5 aromatic heterocycles. The summed E-state index contributed by atoms with van der Waals surface area (Å²) in [6, 6.07) is 10.7. The van der Waals surface area contributed by atoms with Gasteiger partial charge in [-0.05, 0) is 160 Å². The van der Waals surface area contributed by atoms with Gasteiger partial charge in [0.15, 0.2) is 17.0 Å². The first-order valence-electron chi connectivity index (χ1n) is 46.9. The zero-order valence-electron chi connectivity index (χ0n) is 78.0. The van der Waals surface area contributed by atoms with Crippen LogP contribution in [-0.2, 0) is 83.2 Å². The number of carbonyl (C=O) groups is 6. The molecule has 6 aliphatic heterocycles. The van der Waals surface area contributed by atoms with E-state index >= 15 is 0 Å². The average molecular weight is 1850 g/mol. The van der Waals surface area contributed by atoms with Gasteiger partial charge in [0.2, 0.25) is 23.6 Å². The highest BCUT2D eigenvalue weighted by Crippen LogP contribution is 2.41. The van der Waals surface area contributed by atoms with E-state index in [0.717, 1.165) is 53.0 Å². The van der Waals surface area contributed by atoms with E-state index in [0.29, 0.717) is 206 Å². The Morgan fingerprint density at radius 1 is 0.737 bits per heavy atom. The molecule has 5 fully saturated rings. The number of cyclic esters (lactones) is 1. The molecule has 7 aromatic rings. The first-order chi connectivity index (χ1) is 64.0. The third kappa shape index (κ3) is 24.2. The molecule has 133 heavy (non-hydrogen) atoms. The van der Waals surface area contributed by atoms with Crippen molar-refractivity contribution < 1.29 is 81.7 Å². The van der Waals surface area contributed by atoms with Gasteiger partial charge in [-0.1, -0.05) is 89.3 Å². The van der Waals surface area contributed by atoms with Crippen LogP contribution in [0.3, 0.4) is 0 Å². The fraction of sp³-hybridized carbons (Fsp3) is 0.577. The van der Waals surface area contributed by atoms with Crippen LogP contribution in [0, 0.1) is 35.5 Å². The second kappa shape index (κ2) is 45.1. The lowest BCUT2D eigenvalue weighted by atomic mass is 9.78. The number of allylic oxidation sites excluding steroid dienone is 5. The second-order valence-electron chi connectivity index (χ2n) is 37.0. The molecule has 35 nitrogen and oxygen atoms in total. The number of esters is 1. The van der Waals surface area contributed by atoms with Crippen molar-refractivity contribution in [2.45, 2.75) is 219 Å². The predicted molar refractivity (Wildman–Crippen MR) is 503 cm³/mol. The largest absolute Gasteiger partial charge is 0.465 e. The summed E-state index contributed by atoms with van der Waals surface area (Å²) in [5.41, 5.74) is 21.2. The summed E-state index contributed by atoms with van der Waals surface area (Å²) in [7, 11) is 4.61. The molecular formula is C97H130N18O17S. The summed E-state index contributed by atoms with van der Waals surface area (Å²) in [6.45, 7) is 21.4. The second-order valence-corrected chi connectivity index (χ2v) is 37.4. The number of nitrogens with one attached hydrogen (secondary N) is 1. The number of ketones is 2. The molecule has 2 aromatic carbocycles. The highest BCUT2D eigenvalue weighted by atomic mass is 32.1. The summed E-state index contributed by atoms with van der Waals surface area (Å²) in [5.74, 6) is -6.43. The molecule has 36 heteroatoms. The number of nitrogens with two attached hydrogens (primary N) is 2. The minimum absolute atomic E-state index is 0.00601. The van der Waals surface area contributed by atoms with Crippen molar-refractivity contribution in [3.63, 3.8) is 0 Å². The number of amides is 3. The maximum Gasteiger partial charge on any atom is 0.329 e. The van der Waals surface area contributed by atoms with E-state index in [2.05, 4.69) is 73.1 Å². The summed E-state index contributed by atoms with van der Waals surface area (Å²) in [6.07, 6.45) is 19.4. The van der Waals surface area contributed by atoms with Gasteiger partial charge in [-0.15, -0.1) is 0 Å². The Hall–Kier alpha value is -10.7. The number of nitrogens with zero attached hydrogens (tertiary/aromatic N) is 15. The van der Waals surface area contributed by atoms with E-state index in [9.17, 15) is 44.1 Å². The molecule has 8 N–H and O–H groups in total. The Labute approximate surface area is 781 Å². The van der Waals surface area contributed by atoms with Gasteiger partial charge in [0.25, 0.3) is 28.8 Å². The SMILES string of the molecule is CO[C@H]1C[C@@H]2CC[C@@H](C)[C@@](O)(O2)C(=O)C(=O)N2CCCC[C@H]2C(=O)O[C@H]([C@H](C)C[C@@H]2CC[C@@H](OC(=S)NCc3cnc(N4CCN(C(=O)CCOCCN5CCN(c6ncc(C(=O)N7CCc8cc(Cn9nc(-c%10ccc%11oc(N)nc%11c%10)c%10c(N)ncnc%109)ccc8C7)cn6)CC5)CC4)nc3)[C@H](OC)C2)C[C@@H](O)[C@H](C)/C=C(\C)[C@@H](O)[C@@H](OC)C(=O)[C@H](C)C[C@H](C)/C=C/C=CC=C1C. The lowest BCUT2D eigenvalue weighted by Gasteiger charge is -2.43. The van der Waals surface area contributed by atoms with Crippen molar-refractivity contribution in [3.05, 3.63) is 143 Å². The fourth-order valence-corrected chi connectivity index (χ4v) is 19.7. The van der Waals surface area contributed by atoms with Gasteiger partial charge >= 0.3 is 5.97 Å². The number of ether oxygens (including phenoxy) is 7. The van der Waals surface area contributed by atoms with Crippen LogP contribution in [0.2, 0.25) is 0 Å².